The van der Waals surface area contributed by atoms with Crippen LogP contribution in [0, 0.1) is 0 Å². The predicted molar refractivity (Wildman–Crippen MR) is 81.9 cm³/mol. The molecule has 4 rings (SSSR count). The molecule has 1 N–H and O–H groups in total. The fraction of sp³-hybridized carbons (Fsp3) is 0.562. The molecule has 2 saturated heterocycles. The van der Waals surface area contributed by atoms with E-state index < -0.39 is 0 Å². The maximum absolute atomic E-state index is 12.5. The molecular formula is C16H20N2O5. The van der Waals surface area contributed by atoms with Gasteiger partial charge in [0.15, 0.2) is 11.5 Å². The zero-order chi connectivity index (χ0) is 15.7. The van der Waals surface area contributed by atoms with Crippen molar-refractivity contribution in [3.8, 4) is 11.5 Å². The fourth-order valence-corrected chi connectivity index (χ4v) is 3.24. The summed E-state index contributed by atoms with van der Waals surface area (Å²) in [7, 11) is 0. The summed E-state index contributed by atoms with van der Waals surface area (Å²) in [6.07, 6.45) is 1.67. The van der Waals surface area contributed by atoms with Gasteiger partial charge in [-0.05, 0) is 12.1 Å². The minimum Gasteiger partial charge on any atom is -0.454 e. The molecule has 1 spiro atoms. The van der Waals surface area contributed by atoms with Crippen LogP contribution in [-0.4, -0.2) is 56.2 Å². The van der Waals surface area contributed by atoms with Crippen molar-refractivity contribution in [2.75, 3.05) is 45.0 Å². The second-order valence-electron chi connectivity index (χ2n) is 6.06. The third kappa shape index (κ3) is 2.94. The Labute approximate surface area is 134 Å². The minimum absolute atomic E-state index is 0.113. The van der Waals surface area contributed by atoms with Crippen LogP contribution in [-0.2, 0) is 9.47 Å². The number of ether oxygens (including phenoxy) is 4. The normalized spacial score (nSPS) is 22.2. The molecule has 23 heavy (non-hydrogen) atoms. The van der Waals surface area contributed by atoms with Gasteiger partial charge in [0.05, 0.1) is 18.8 Å². The van der Waals surface area contributed by atoms with Crippen molar-refractivity contribution in [3.05, 3.63) is 18.2 Å². The summed E-state index contributed by atoms with van der Waals surface area (Å²) in [5.74, 6) is 1.36. The number of benzene rings is 1. The SMILES string of the molecule is O=C(Nc1ccc2c(c1)OCO2)N1CCOC2(CCOCC2)C1. The molecule has 0 atom stereocenters. The molecule has 0 aliphatic carbocycles. The van der Waals surface area contributed by atoms with Crippen LogP contribution in [0.15, 0.2) is 18.2 Å². The highest BCUT2D eigenvalue weighted by molar-refractivity contribution is 5.90. The van der Waals surface area contributed by atoms with Gasteiger partial charge in [-0.1, -0.05) is 0 Å². The van der Waals surface area contributed by atoms with Gasteiger partial charge >= 0.3 is 6.03 Å². The first kappa shape index (κ1) is 14.6. The topological polar surface area (TPSA) is 69.3 Å². The summed E-state index contributed by atoms with van der Waals surface area (Å²) < 4.78 is 22.0. The number of anilines is 1. The van der Waals surface area contributed by atoms with Crippen molar-refractivity contribution in [2.45, 2.75) is 18.4 Å². The highest BCUT2D eigenvalue weighted by Gasteiger charge is 2.39. The Morgan fingerprint density at radius 2 is 1.96 bits per heavy atom. The molecule has 3 aliphatic rings. The number of nitrogens with one attached hydrogen (secondary N) is 1. The maximum atomic E-state index is 12.5. The van der Waals surface area contributed by atoms with E-state index in [-0.39, 0.29) is 18.4 Å². The van der Waals surface area contributed by atoms with E-state index in [0.717, 1.165) is 12.8 Å². The van der Waals surface area contributed by atoms with Gasteiger partial charge in [0, 0.05) is 44.4 Å². The van der Waals surface area contributed by atoms with Gasteiger partial charge in [-0.2, -0.15) is 0 Å². The second kappa shape index (κ2) is 5.90. The van der Waals surface area contributed by atoms with Crippen molar-refractivity contribution in [1.82, 2.24) is 4.90 Å². The van der Waals surface area contributed by atoms with E-state index in [2.05, 4.69) is 5.32 Å². The van der Waals surface area contributed by atoms with Crippen LogP contribution in [0.4, 0.5) is 10.5 Å². The molecular weight excluding hydrogens is 300 g/mol. The maximum Gasteiger partial charge on any atom is 0.322 e. The van der Waals surface area contributed by atoms with Crippen molar-refractivity contribution < 1.29 is 23.7 Å². The summed E-state index contributed by atoms with van der Waals surface area (Å²) in [5.41, 5.74) is 0.453. The van der Waals surface area contributed by atoms with Crippen molar-refractivity contribution >= 4 is 11.7 Å². The molecule has 0 bridgehead atoms. The highest BCUT2D eigenvalue weighted by atomic mass is 16.7. The summed E-state index contributed by atoms with van der Waals surface area (Å²) >= 11 is 0. The Hall–Kier alpha value is -1.99. The van der Waals surface area contributed by atoms with E-state index in [1.807, 2.05) is 11.0 Å². The van der Waals surface area contributed by atoms with Crippen LogP contribution in [0.3, 0.4) is 0 Å². The van der Waals surface area contributed by atoms with E-state index in [1.165, 1.54) is 0 Å². The van der Waals surface area contributed by atoms with Crippen LogP contribution in [0.25, 0.3) is 0 Å². The predicted octanol–water partition coefficient (Wildman–Crippen LogP) is 1.83. The van der Waals surface area contributed by atoms with Gasteiger partial charge in [-0.25, -0.2) is 4.79 Å². The lowest BCUT2D eigenvalue weighted by atomic mass is 9.92. The van der Waals surface area contributed by atoms with Crippen molar-refractivity contribution in [2.24, 2.45) is 0 Å². The fourth-order valence-electron chi connectivity index (χ4n) is 3.24. The first-order chi connectivity index (χ1) is 11.2. The molecule has 0 saturated carbocycles. The average molecular weight is 320 g/mol. The lowest BCUT2D eigenvalue weighted by molar-refractivity contribution is -0.144. The second-order valence-corrected chi connectivity index (χ2v) is 6.06. The Kier molecular flexibility index (Phi) is 3.74. The molecule has 2 fully saturated rings. The lowest BCUT2D eigenvalue weighted by Crippen LogP contribution is -2.56. The van der Waals surface area contributed by atoms with E-state index >= 15 is 0 Å². The van der Waals surface area contributed by atoms with Gasteiger partial charge in [0.1, 0.15) is 0 Å². The van der Waals surface area contributed by atoms with Gasteiger partial charge in [0.25, 0.3) is 0 Å². The van der Waals surface area contributed by atoms with Crippen LogP contribution < -0.4 is 14.8 Å². The number of fused-ring (bicyclic) bond motifs is 1. The monoisotopic (exact) mass is 320 g/mol. The lowest BCUT2D eigenvalue weighted by Gasteiger charge is -2.44. The van der Waals surface area contributed by atoms with Crippen LogP contribution in [0.5, 0.6) is 11.5 Å². The highest BCUT2D eigenvalue weighted by Crippen LogP contribution is 2.34. The largest absolute Gasteiger partial charge is 0.454 e. The van der Waals surface area contributed by atoms with Crippen LogP contribution in [0.2, 0.25) is 0 Å². The zero-order valence-electron chi connectivity index (χ0n) is 12.9. The molecule has 1 aromatic rings. The van der Waals surface area contributed by atoms with Gasteiger partial charge in [-0.3, -0.25) is 0 Å². The summed E-state index contributed by atoms with van der Waals surface area (Å²) in [5, 5.41) is 2.93. The summed E-state index contributed by atoms with van der Waals surface area (Å²) in [6.45, 7) is 3.37. The smallest absolute Gasteiger partial charge is 0.322 e. The average Bonchev–Trinajstić information content (AvgIpc) is 3.03. The van der Waals surface area contributed by atoms with E-state index in [9.17, 15) is 4.79 Å². The molecule has 124 valence electrons. The molecule has 2 amide bonds. The zero-order valence-corrected chi connectivity index (χ0v) is 12.9. The third-order valence-corrected chi connectivity index (χ3v) is 4.56. The number of urea groups is 1. The minimum atomic E-state index is -0.247. The first-order valence-electron chi connectivity index (χ1n) is 7.91. The summed E-state index contributed by atoms with van der Waals surface area (Å²) in [4.78, 5) is 14.4. The molecule has 0 unspecified atom stereocenters. The summed E-state index contributed by atoms with van der Waals surface area (Å²) in [6, 6.07) is 5.29. The number of hydrogen-bond acceptors (Lipinski definition) is 5. The molecule has 0 radical (unpaired) electrons. The molecule has 1 aromatic carbocycles. The van der Waals surface area contributed by atoms with E-state index in [0.29, 0.717) is 50.1 Å². The molecule has 3 aliphatic heterocycles. The Bertz CT molecular complexity index is 595. The Morgan fingerprint density at radius 3 is 2.83 bits per heavy atom. The number of hydrogen-bond donors (Lipinski definition) is 1. The van der Waals surface area contributed by atoms with Gasteiger partial charge < -0.3 is 29.2 Å². The van der Waals surface area contributed by atoms with Crippen LogP contribution >= 0.6 is 0 Å². The van der Waals surface area contributed by atoms with Gasteiger partial charge in [0.2, 0.25) is 6.79 Å². The number of carbonyl (C=O) groups excluding carboxylic acids is 1. The quantitative estimate of drug-likeness (QED) is 0.855. The van der Waals surface area contributed by atoms with Crippen LogP contribution in [0.1, 0.15) is 12.8 Å². The standard InChI is InChI=1S/C16H20N2O5/c19-15(17-12-1-2-13-14(9-12)22-11-21-13)18-5-8-23-16(10-18)3-6-20-7-4-16/h1-2,9H,3-8,10-11H2,(H,17,19). The number of carbonyl (C=O) groups is 1. The third-order valence-electron chi connectivity index (χ3n) is 4.56. The van der Waals surface area contributed by atoms with E-state index in [1.54, 1.807) is 12.1 Å². The number of rotatable bonds is 1. The molecule has 3 heterocycles. The van der Waals surface area contributed by atoms with Gasteiger partial charge in [-0.15, -0.1) is 0 Å². The first-order valence-corrected chi connectivity index (χ1v) is 7.91. The van der Waals surface area contributed by atoms with Crippen molar-refractivity contribution in [1.29, 1.82) is 0 Å². The molecule has 7 heteroatoms. The Balaban J connectivity index is 1.42. The van der Waals surface area contributed by atoms with Crippen molar-refractivity contribution in [3.63, 3.8) is 0 Å². The molecule has 7 nitrogen and oxygen atoms in total. The number of morpholine rings is 1. The number of amides is 2. The Morgan fingerprint density at radius 1 is 1.13 bits per heavy atom. The van der Waals surface area contributed by atoms with E-state index in [4.69, 9.17) is 18.9 Å². The number of nitrogens with zero attached hydrogens (tertiary/aromatic N) is 1. The molecule has 0 aromatic heterocycles.